The van der Waals surface area contributed by atoms with E-state index in [9.17, 15) is 9.59 Å². The van der Waals surface area contributed by atoms with Gasteiger partial charge in [-0.05, 0) is 67.1 Å². The van der Waals surface area contributed by atoms with Gasteiger partial charge in [0.15, 0.2) is 0 Å². The van der Waals surface area contributed by atoms with Gasteiger partial charge in [0.2, 0.25) is 0 Å². The van der Waals surface area contributed by atoms with Gasteiger partial charge >= 0.3 is 6.03 Å². The third-order valence-electron chi connectivity index (χ3n) is 7.26. The fourth-order valence-corrected chi connectivity index (χ4v) is 5.12. The topological polar surface area (TPSA) is 95.2 Å². The number of para-hydroxylation sites is 2. The molecule has 1 aliphatic rings. The van der Waals surface area contributed by atoms with Crippen LogP contribution in [0.4, 0.5) is 27.5 Å². The molecule has 4 aromatic carbocycles. The molecule has 4 aromatic rings. The second-order valence-electron chi connectivity index (χ2n) is 10.1. The molecule has 0 aliphatic carbocycles. The molecular weight excluding hydrogens is 542 g/mol. The second kappa shape index (κ2) is 14.1. The summed E-state index contributed by atoms with van der Waals surface area (Å²) < 4.78 is 11.0. The first kappa shape index (κ1) is 29.3. The lowest BCUT2D eigenvalue weighted by atomic mass is 10.1. The van der Waals surface area contributed by atoms with Gasteiger partial charge in [0.25, 0.3) is 5.91 Å². The molecule has 43 heavy (non-hydrogen) atoms. The summed E-state index contributed by atoms with van der Waals surface area (Å²) in [5.41, 5.74) is 4.54. The summed E-state index contributed by atoms with van der Waals surface area (Å²) in [7, 11) is 1.68. The van der Waals surface area contributed by atoms with Crippen LogP contribution in [0.15, 0.2) is 97.1 Å². The summed E-state index contributed by atoms with van der Waals surface area (Å²) >= 11 is 0. The first-order valence-electron chi connectivity index (χ1n) is 14.4. The van der Waals surface area contributed by atoms with E-state index in [1.807, 2.05) is 67.6 Å². The van der Waals surface area contributed by atoms with E-state index in [0.717, 1.165) is 54.6 Å². The van der Waals surface area contributed by atoms with E-state index >= 15 is 0 Å². The molecule has 3 amide bonds. The molecule has 1 fully saturated rings. The van der Waals surface area contributed by atoms with Crippen molar-refractivity contribution in [1.29, 1.82) is 0 Å². The summed E-state index contributed by atoms with van der Waals surface area (Å²) in [6.07, 6.45) is 0. The van der Waals surface area contributed by atoms with Crippen molar-refractivity contribution in [3.63, 3.8) is 0 Å². The molecule has 0 spiro atoms. The molecule has 1 aliphatic heterocycles. The number of rotatable bonds is 10. The predicted molar refractivity (Wildman–Crippen MR) is 172 cm³/mol. The molecule has 0 unspecified atom stereocenters. The standard InChI is InChI=1S/C34H37N5O4/c1-3-43-28-16-13-26(14-17-28)36-34(41)37-27-15-18-30(29(23-27)33(40)35-24-25-9-5-4-6-10-25)38-19-21-39(22-20-38)31-11-7-8-12-32(31)42-2/h4-18,23H,3,19-22,24H2,1-2H3,(H,35,40)(H2,36,37,41). The lowest BCUT2D eigenvalue weighted by molar-refractivity contribution is 0.0951. The Bertz CT molecular complexity index is 1520. The van der Waals surface area contributed by atoms with Crippen molar-refractivity contribution < 1.29 is 19.1 Å². The highest BCUT2D eigenvalue weighted by atomic mass is 16.5. The highest BCUT2D eigenvalue weighted by Gasteiger charge is 2.24. The summed E-state index contributed by atoms with van der Waals surface area (Å²) in [5, 5.41) is 8.75. The van der Waals surface area contributed by atoms with Gasteiger partial charge in [0.1, 0.15) is 11.5 Å². The molecular formula is C34H37N5O4. The normalized spacial score (nSPS) is 12.8. The lowest BCUT2D eigenvalue weighted by Crippen LogP contribution is -2.47. The molecule has 0 saturated carbocycles. The number of carbonyl (C=O) groups excluding carboxylic acids is 2. The largest absolute Gasteiger partial charge is 0.495 e. The third-order valence-corrected chi connectivity index (χ3v) is 7.26. The average molecular weight is 580 g/mol. The molecule has 0 aromatic heterocycles. The number of piperazine rings is 1. The fraction of sp³-hybridized carbons (Fsp3) is 0.235. The Morgan fingerprint density at radius 1 is 0.744 bits per heavy atom. The van der Waals surface area contributed by atoms with E-state index in [0.29, 0.717) is 30.1 Å². The van der Waals surface area contributed by atoms with Gasteiger partial charge in [0.05, 0.1) is 25.0 Å². The number of hydrogen-bond donors (Lipinski definition) is 3. The predicted octanol–water partition coefficient (Wildman–Crippen LogP) is 5.99. The Kier molecular flexibility index (Phi) is 9.63. The van der Waals surface area contributed by atoms with Gasteiger partial charge in [-0.1, -0.05) is 42.5 Å². The van der Waals surface area contributed by atoms with E-state index < -0.39 is 6.03 Å². The SMILES string of the molecule is CCOc1ccc(NC(=O)Nc2ccc(N3CCN(c4ccccc4OC)CC3)c(C(=O)NCc3ccccc3)c2)cc1. The van der Waals surface area contributed by atoms with Gasteiger partial charge in [-0.3, -0.25) is 4.79 Å². The van der Waals surface area contributed by atoms with Crippen LogP contribution in [-0.2, 0) is 6.54 Å². The number of methoxy groups -OCH3 is 1. The molecule has 1 saturated heterocycles. The smallest absolute Gasteiger partial charge is 0.323 e. The monoisotopic (exact) mass is 579 g/mol. The van der Waals surface area contributed by atoms with Crippen LogP contribution in [0, 0.1) is 0 Å². The zero-order chi connectivity index (χ0) is 30.0. The summed E-state index contributed by atoms with van der Waals surface area (Å²) in [6.45, 7) is 5.89. The fourth-order valence-electron chi connectivity index (χ4n) is 5.12. The van der Waals surface area contributed by atoms with Crippen LogP contribution in [0.3, 0.4) is 0 Å². The Morgan fingerprint density at radius 2 is 1.37 bits per heavy atom. The van der Waals surface area contributed by atoms with Crippen molar-refractivity contribution in [3.8, 4) is 11.5 Å². The molecule has 5 rings (SSSR count). The van der Waals surface area contributed by atoms with Crippen molar-refractivity contribution in [3.05, 3.63) is 108 Å². The molecule has 0 bridgehead atoms. The van der Waals surface area contributed by atoms with E-state index in [1.54, 1.807) is 37.4 Å². The minimum Gasteiger partial charge on any atom is -0.495 e. The maximum absolute atomic E-state index is 13.6. The van der Waals surface area contributed by atoms with Crippen LogP contribution in [0.2, 0.25) is 0 Å². The Hall–Kier alpha value is -5.18. The van der Waals surface area contributed by atoms with E-state index in [4.69, 9.17) is 9.47 Å². The van der Waals surface area contributed by atoms with E-state index in [-0.39, 0.29) is 5.91 Å². The number of hydrogen-bond acceptors (Lipinski definition) is 6. The molecule has 0 radical (unpaired) electrons. The third kappa shape index (κ3) is 7.56. The minimum absolute atomic E-state index is 0.207. The molecule has 222 valence electrons. The van der Waals surface area contributed by atoms with Crippen molar-refractivity contribution in [1.82, 2.24) is 5.32 Å². The summed E-state index contributed by atoms with van der Waals surface area (Å²) in [4.78, 5) is 30.9. The maximum atomic E-state index is 13.6. The number of benzene rings is 4. The van der Waals surface area contributed by atoms with Gasteiger partial charge < -0.3 is 35.2 Å². The number of ether oxygens (including phenoxy) is 2. The Morgan fingerprint density at radius 3 is 2.07 bits per heavy atom. The molecule has 9 heteroatoms. The molecule has 0 atom stereocenters. The highest BCUT2D eigenvalue weighted by molar-refractivity contribution is 6.04. The molecule has 1 heterocycles. The summed E-state index contributed by atoms with van der Waals surface area (Å²) in [5.74, 6) is 1.37. The molecule has 9 nitrogen and oxygen atoms in total. The van der Waals surface area contributed by atoms with Gasteiger partial charge in [-0.15, -0.1) is 0 Å². The van der Waals surface area contributed by atoms with Crippen LogP contribution < -0.4 is 35.2 Å². The van der Waals surface area contributed by atoms with E-state index in [2.05, 4.69) is 31.8 Å². The van der Waals surface area contributed by atoms with Crippen LogP contribution in [0.5, 0.6) is 11.5 Å². The van der Waals surface area contributed by atoms with Crippen molar-refractivity contribution in [2.75, 3.05) is 60.3 Å². The number of nitrogens with zero attached hydrogens (tertiary/aromatic N) is 2. The van der Waals surface area contributed by atoms with Crippen molar-refractivity contribution in [2.24, 2.45) is 0 Å². The number of carbonyl (C=O) groups is 2. The van der Waals surface area contributed by atoms with Crippen LogP contribution in [-0.4, -0.2) is 51.8 Å². The lowest BCUT2D eigenvalue weighted by Gasteiger charge is -2.38. The second-order valence-corrected chi connectivity index (χ2v) is 10.1. The maximum Gasteiger partial charge on any atom is 0.323 e. The minimum atomic E-state index is -0.405. The van der Waals surface area contributed by atoms with Crippen molar-refractivity contribution >= 4 is 34.7 Å². The highest BCUT2D eigenvalue weighted by Crippen LogP contribution is 2.31. The number of nitrogens with one attached hydrogen (secondary N) is 3. The van der Waals surface area contributed by atoms with Crippen molar-refractivity contribution in [2.45, 2.75) is 13.5 Å². The number of urea groups is 1. The van der Waals surface area contributed by atoms with E-state index in [1.165, 1.54) is 0 Å². The average Bonchev–Trinajstić information content (AvgIpc) is 3.05. The van der Waals surface area contributed by atoms with Crippen LogP contribution in [0.1, 0.15) is 22.8 Å². The zero-order valence-corrected chi connectivity index (χ0v) is 24.5. The van der Waals surface area contributed by atoms with Crippen LogP contribution in [0.25, 0.3) is 0 Å². The zero-order valence-electron chi connectivity index (χ0n) is 24.5. The Labute approximate surface area is 252 Å². The summed E-state index contributed by atoms with van der Waals surface area (Å²) in [6, 6.07) is 30.0. The van der Waals surface area contributed by atoms with Crippen LogP contribution >= 0.6 is 0 Å². The van der Waals surface area contributed by atoms with Gasteiger partial charge in [0, 0.05) is 49.8 Å². The number of anilines is 4. The first-order valence-corrected chi connectivity index (χ1v) is 14.4. The van der Waals surface area contributed by atoms with Gasteiger partial charge in [-0.25, -0.2) is 4.79 Å². The number of amides is 3. The van der Waals surface area contributed by atoms with Gasteiger partial charge in [-0.2, -0.15) is 0 Å². The molecule has 3 N–H and O–H groups in total. The quantitative estimate of drug-likeness (QED) is 0.214. The Balaban J connectivity index is 1.31. The first-order chi connectivity index (χ1) is 21.0.